The van der Waals surface area contributed by atoms with E-state index in [4.69, 9.17) is 4.52 Å². The molecule has 2 aromatic heterocycles. The molecule has 2 heterocycles. The highest BCUT2D eigenvalue weighted by Gasteiger charge is 2.29. The topological polar surface area (TPSA) is 42.2 Å². The minimum Gasteiger partial charge on any atom is -0.338 e. The van der Waals surface area contributed by atoms with Gasteiger partial charge in [-0.05, 0) is 36.2 Å². The Kier molecular flexibility index (Phi) is 4.68. The van der Waals surface area contributed by atoms with Crippen molar-refractivity contribution in [1.29, 1.82) is 0 Å². The van der Waals surface area contributed by atoms with Gasteiger partial charge in [0.2, 0.25) is 11.7 Å². The number of benzene rings is 1. The van der Waals surface area contributed by atoms with Gasteiger partial charge in [-0.1, -0.05) is 17.3 Å². The summed E-state index contributed by atoms with van der Waals surface area (Å²) in [5, 5.41) is 7.79. The third kappa shape index (κ3) is 4.01. The molecule has 0 radical (unpaired) electrons. The molecule has 0 atom stereocenters. The van der Waals surface area contributed by atoms with E-state index in [-0.39, 0.29) is 0 Å². The molecule has 0 saturated heterocycles. The number of rotatable bonds is 5. The molecular formula is C16H14F3N3OS. The number of halogens is 3. The van der Waals surface area contributed by atoms with E-state index in [0.29, 0.717) is 24.8 Å². The molecule has 8 heteroatoms. The Hall–Kier alpha value is -2.19. The van der Waals surface area contributed by atoms with Crippen LogP contribution in [0.2, 0.25) is 0 Å². The number of hydrogen-bond donors (Lipinski definition) is 0. The second-order valence-corrected chi connectivity index (χ2v) is 6.17. The lowest BCUT2D eigenvalue weighted by atomic mass is 10.1. The quantitative estimate of drug-likeness (QED) is 0.680. The molecule has 3 rings (SSSR count). The highest BCUT2D eigenvalue weighted by molar-refractivity contribution is 7.08. The van der Waals surface area contributed by atoms with Gasteiger partial charge >= 0.3 is 6.18 Å². The molecule has 0 saturated carbocycles. The molecule has 0 bridgehead atoms. The first-order valence-corrected chi connectivity index (χ1v) is 8.06. The first kappa shape index (κ1) is 16.7. The van der Waals surface area contributed by atoms with Crippen molar-refractivity contribution in [3.63, 3.8) is 0 Å². The minimum atomic E-state index is -4.31. The van der Waals surface area contributed by atoms with Crippen LogP contribution in [-0.4, -0.2) is 22.1 Å². The first-order chi connectivity index (χ1) is 11.4. The maximum absolute atomic E-state index is 12.6. The average molecular weight is 353 g/mol. The van der Waals surface area contributed by atoms with Gasteiger partial charge in [-0.15, -0.1) is 0 Å². The Morgan fingerprint density at radius 1 is 1.12 bits per heavy atom. The minimum absolute atomic E-state index is 0.415. The molecule has 4 nitrogen and oxygen atoms in total. The van der Waals surface area contributed by atoms with Crippen LogP contribution in [0.4, 0.5) is 13.2 Å². The fourth-order valence-electron chi connectivity index (χ4n) is 2.23. The number of hydrogen-bond acceptors (Lipinski definition) is 5. The van der Waals surface area contributed by atoms with Crippen LogP contribution in [0.15, 0.2) is 45.6 Å². The Labute approximate surface area is 140 Å². The summed E-state index contributed by atoms with van der Waals surface area (Å²) < 4.78 is 42.9. The van der Waals surface area contributed by atoms with Crippen molar-refractivity contribution in [3.05, 3.63) is 58.1 Å². The fourth-order valence-corrected chi connectivity index (χ4v) is 2.86. The van der Waals surface area contributed by atoms with E-state index in [1.165, 1.54) is 12.1 Å². The van der Waals surface area contributed by atoms with Gasteiger partial charge < -0.3 is 4.52 Å². The van der Waals surface area contributed by atoms with Crippen LogP contribution in [-0.2, 0) is 19.3 Å². The third-order valence-electron chi connectivity index (χ3n) is 3.39. The van der Waals surface area contributed by atoms with Crippen molar-refractivity contribution >= 4 is 11.3 Å². The van der Waals surface area contributed by atoms with Crippen LogP contribution in [0, 0.1) is 0 Å². The molecule has 0 unspecified atom stereocenters. The zero-order valence-electron chi connectivity index (χ0n) is 12.7. The van der Waals surface area contributed by atoms with Gasteiger partial charge in [-0.3, -0.25) is 4.90 Å². The Bertz CT molecular complexity index is 782. The van der Waals surface area contributed by atoms with Crippen molar-refractivity contribution in [2.45, 2.75) is 19.3 Å². The normalized spacial score (nSPS) is 12.0. The Morgan fingerprint density at radius 2 is 1.88 bits per heavy atom. The molecule has 24 heavy (non-hydrogen) atoms. The second kappa shape index (κ2) is 6.74. The predicted octanol–water partition coefficient (Wildman–Crippen LogP) is 4.45. The zero-order valence-corrected chi connectivity index (χ0v) is 13.6. The molecule has 3 aromatic rings. The van der Waals surface area contributed by atoms with Gasteiger partial charge in [0, 0.05) is 17.5 Å². The van der Waals surface area contributed by atoms with Gasteiger partial charge in [-0.2, -0.15) is 29.5 Å². The Morgan fingerprint density at radius 3 is 2.50 bits per heavy atom. The first-order valence-electron chi connectivity index (χ1n) is 7.11. The number of nitrogens with zero attached hydrogens (tertiary/aromatic N) is 3. The predicted molar refractivity (Wildman–Crippen MR) is 84.2 cm³/mol. The molecular weight excluding hydrogens is 339 g/mol. The van der Waals surface area contributed by atoms with E-state index >= 15 is 0 Å². The fraction of sp³-hybridized carbons (Fsp3) is 0.250. The molecule has 0 amide bonds. The number of alkyl halides is 3. The van der Waals surface area contributed by atoms with Gasteiger partial charge in [0.15, 0.2) is 0 Å². The summed E-state index contributed by atoms with van der Waals surface area (Å²) in [6.45, 7) is 0.895. The van der Waals surface area contributed by atoms with Crippen LogP contribution >= 0.6 is 11.3 Å². The standard InChI is InChI=1S/C16H14F3N3OS/c1-22(8-11-2-4-13(5-3-11)16(17,18)19)9-14-20-15(21-23-14)12-6-7-24-10-12/h2-7,10H,8-9H2,1H3. The molecule has 0 aliphatic heterocycles. The van der Waals surface area contributed by atoms with E-state index < -0.39 is 11.7 Å². The largest absolute Gasteiger partial charge is 0.416 e. The third-order valence-corrected chi connectivity index (χ3v) is 4.07. The van der Waals surface area contributed by atoms with Crippen LogP contribution in [0.25, 0.3) is 11.4 Å². The highest BCUT2D eigenvalue weighted by atomic mass is 32.1. The summed E-state index contributed by atoms with van der Waals surface area (Å²) in [5.41, 5.74) is 1.04. The molecule has 126 valence electrons. The lowest BCUT2D eigenvalue weighted by molar-refractivity contribution is -0.137. The SMILES string of the molecule is CN(Cc1ccc(C(F)(F)F)cc1)Cc1nc(-c2ccsc2)no1. The lowest BCUT2D eigenvalue weighted by Crippen LogP contribution is -2.17. The van der Waals surface area contributed by atoms with Gasteiger partial charge in [0.05, 0.1) is 12.1 Å². The van der Waals surface area contributed by atoms with Crippen LogP contribution in [0.1, 0.15) is 17.0 Å². The Balaban J connectivity index is 1.60. The maximum Gasteiger partial charge on any atom is 0.416 e. The summed E-state index contributed by atoms with van der Waals surface area (Å²) in [4.78, 5) is 6.22. The number of thiophene rings is 1. The summed E-state index contributed by atoms with van der Waals surface area (Å²) in [5.74, 6) is 1.000. The smallest absolute Gasteiger partial charge is 0.338 e. The van der Waals surface area contributed by atoms with E-state index in [1.807, 2.05) is 28.8 Å². The van der Waals surface area contributed by atoms with Crippen LogP contribution in [0.3, 0.4) is 0 Å². The van der Waals surface area contributed by atoms with Crippen molar-refractivity contribution in [1.82, 2.24) is 15.0 Å². The van der Waals surface area contributed by atoms with Crippen molar-refractivity contribution in [3.8, 4) is 11.4 Å². The molecule has 0 fully saturated rings. The van der Waals surface area contributed by atoms with Crippen LogP contribution < -0.4 is 0 Å². The van der Waals surface area contributed by atoms with E-state index in [2.05, 4.69) is 10.1 Å². The summed E-state index contributed by atoms with van der Waals surface area (Å²) in [6.07, 6.45) is -4.31. The average Bonchev–Trinajstić information content (AvgIpc) is 3.17. The maximum atomic E-state index is 12.6. The van der Waals surface area contributed by atoms with E-state index in [9.17, 15) is 13.2 Å². The summed E-state index contributed by atoms with van der Waals surface area (Å²) >= 11 is 1.55. The van der Waals surface area contributed by atoms with Crippen molar-refractivity contribution in [2.75, 3.05) is 7.05 Å². The lowest BCUT2D eigenvalue weighted by Gasteiger charge is -2.14. The van der Waals surface area contributed by atoms with Gasteiger partial charge in [-0.25, -0.2) is 0 Å². The molecule has 0 N–H and O–H groups in total. The molecule has 0 spiro atoms. The van der Waals surface area contributed by atoms with Crippen LogP contribution in [0.5, 0.6) is 0 Å². The van der Waals surface area contributed by atoms with Crippen molar-refractivity contribution < 1.29 is 17.7 Å². The van der Waals surface area contributed by atoms with Gasteiger partial charge in [0.25, 0.3) is 0 Å². The summed E-state index contributed by atoms with van der Waals surface area (Å²) in [6, 6.07) is 7.04. The van der Waals surface area contributed by atoms with Crippen molar-refractivity contribution in [2.24, 2.45) is 0 Å². The van der Waals surface area contributed by atoms with E-state index in [0.717, 1.165) is 23.3 Å². The van der Waals surface area contributed by atoms with E-state index in [1.54, 1.807) is 11.3 Å². The molecule has 0 aliphatic rings. The van der Waals surface area contributed by atoms with Gasteiger partial charge in [0.1, 0.15) is 0 Å². The molecule has 0 aliphatic carbocycles. The number of aromatic nitrogens is 2. The zero-order chi connectivity index (χ0) is 17.2. The highest BCUT2D eigenvalue weighted by Crippen LogP contribution is 2.29. The monoisotopic (exact) mass is 353 g/mol. The molecule has 1 aromatic carbocycles. The second-order valence-electron chi connectivity index (χ2n) is 5.39. The summed E-state index contributed by atoms with van der Waals surface area (Å²) in [7, 11) is 1.84.